The predicted molar refractivity (Wildman–Crippen MR) is 118 cm³/mol. The van der Waals surface area contributed by atoms with Crippen LogP contribution in [0.4, 0.5) is 11.4 Å². The highest BCUT2D eigenvalue weighted by Gasteiger charge is 2.14. The van der Waals surface area contributed by atoms with Crippen LogP contribution in [0.1, 0.15) is 10.4 Å². The van der Waals surface area contributed by atoms with Crippen molar-refractivity contribution in [2.75, 3.05) is 5.32 Å². The Labute approximate surface area is 183 Å². The molecule has 0 aliphatic rings. The van der Waals surface area contributed by atoms with Crippen molar-refractivity contribution in [1.82, 2.24) is 4.98 Å². The highest BCUT2D eigenvalue weighted by atomic mass is 127. The summed E-state index contributed by atoms with van der Waals surface area (Å²) in [5, 5.41) is 14.0. The molecule has 0 bridgehead atoms. The Bertz CT molecular complexity index is 1250. The van der Waals surface area contributed by atoms with Crippen molar-refractivity contribution in [1.29, 1.82) is 0 Å². The number of anilines is 1. The number of benzene rings is 3. The first-order valence-corrected chi connectivity index (χ1v) is 9.78. The molecule has 9 heteroatoms. The maximum absolute atomic E-state index is 12.4. The molecule has 4 rings (SSSR count). The van der Waals surface area contributed by atoms with Crippen LogP contribution < -0.4 is 5.32 Å². The summed E-state index contributed by atoms with van der Waals surface area (Å²) in [5.74, 6) is 0.00554. The Morgan fingerprint density at radius 3 is 2.59 bits per heavy atom. The lowest BCUT2D eigenvalue weighted by Crippen LogP contribution is -2.11. The monoisotopic (exact) mass is 519 g/mol. The summed E-state index contributed by atoms with van der Waals surface area (Å²) in [6.45, 7) is 0. The van der Waals surface area contributed by atoms with Crippen molar-refractivity contribution in [3.05, 3.63) is 84.9 Å². The maximum Gasteiger partial charge on any atom is 0.269 e. The number of halogens is 2. The second-order valence-corrected chi connectivity index (χ2v) is 7.74. The summed E-state index contributed by atoms with van der Waals surface area (Å²) in [6.07, 6.45) is 0. The van der Waals surface area contributed by atoms with Crippen molar-refractivity contribution < 1.29 is 14.1 Å². The zero-order valence-electron chi connectivity index (χ0n) is 14.6. The molecule has 1 aromatic heterocycles. The molecule has 3 aromatic carbocycles. The van der Waals surface area contributed by atoms with E-state index in [-0.39, 0.29) is 11.6 Å². The molecular formula is C20H11ClIN3O4. The van der Waals surface area contributed by atoms with Gasteiger partial charge in [0, 0.05) is 27.0 Å². The molecule has 0 saturated carbocycles. The normalized spacial score (nSPS) is 10.8. The molecule has 29 heavy (non-hydrogen) atoms. The molecule has 7 nitrogen and oxygen atoms in total. The van der Waals surface area contributed by atoms with Crippen LogP contribution in [0.5, 0.6) is 0 Å². The fourth-order valence-electron chi connectivity index (χ4n) is 2.72. The minimum atomic E-state index is -0.516. The highest BCUT2D eigenvalue weighted by molar-refractivity contribution is 14.1. The Kier molecular flexibility index (Phi) is 5.20. The van der Waals surface area contributed by atoms with Gasteiger partial charge in [-0.05, 0) is 71.1 Å². The largest absolute Gasteiger partial charge is 0.436 e. The summed E-state index contributed by atoms with van der Waals surface area (Å²) in [6, 6.07) is 16.0. The number of rotatable bonds is 4. The van der Waals surface area contributed by atoms with Gasteiger partial charge in [-0.3, -0.25) is 14.9 Å². The van der Waals surface area contributed by atoms with Crippen LogP contribution in [0.2, 0.25) is 5.02 Å². The number of carbonyl (C=O) groups excluding carboxylic acids is 1. The first-order valence-electron chi connectivity index (χ1n) is 8.32. The van der Waals surface area contributed by atoms with Crippen molar-refractivity contribution in [2.24, 2.45) is 0 Å². The van der Waals surface area contributed by atoms with Gasteiger partial charge in [0.2, 0.25) is 5.89 Å². The van der Waals surface area contributed by atoms with E-state index >= 15 is 0 Å². The van der Waals surface area contributed by atoms with Gasteiger partial charge in [0.05, 0.1) is 15.5 Å². The Morgan fingerprint density at radius 1 is 1.10 bits per heavy atom. The van der Waals surface area contributed by atoms with Gasteiger partial charge < -0.3 is 9.73 Å². The van der Waals surface area contributed by atoms with E-state index in [9.17, 15) is 14.9 Å². The minimum Gasteiger partial charge on any atom is -0.436 e. The van der Waals surface area contributed by atoms with E-state index in [1.54, 1.807) is 24.3 Å². The van der Waals surface area contributed by atoms with E-state index in [1.165, 1.54) is 24.3 Å². The van der Waals surface area contributed by atoms with Crippen LogP contribution >= 0.6 is 34.2 Å². The molecule has 0 radical (unpaired) electrons. The lowest BCUT2D eigenvalue weighted by Gasteiger charge is -2.04. The molecule has 0 atom stereocenters. The van der Waals surface area contributed by atoms with Crippen LogP contribution in [0.3, 0.4) is 0 Å². The molecule has 0 aliphatic carbocycles. The van der Waals surface area contributed by atoms with Gasteiger partial charge >= 0.3 is 0 Å². The van der Waals surface area contributed by atoms with E-state index in [4.69, 9.17) is 16.0 Å². The first-order chi connectivity index (χ1) is 13.9. The molecular weight excluding hydrogens is 509 g/mol. The van der Waals surface area contributed by atoms with Gasteiger partial charge in [0.15, 0.2) is 5.58 Å². The molecule has 0 saturated heterocycles. The Morgan fingerprint density at radius 2 is 1.86 bits per heavy atom. The van der Waals surface area contributed by atoms with Crippen LogP contribution in [0.25, 0.3) is 22.6 Å². The maximum atomic E-state index is 12.4. The number of oxazole rings is 1. The number of aromatic nitrogens is 1. The highest BCUT2D eigenvalue weighted by Crippen LogP contribution is 2.32. The smallest absolute Gasteiger partial charge is 0.269 e. The number of fused-ring (bicyclic) bond motifs is 1. The average molecular weight is 520 g/mol. The molecule has 0 fully saturated rings. The fraction of sp³-hybridized carbons (Fsp3) is 0. The van der Waals surface area contributed by atoms with E-state index in [0.717, 1.165) is 3.57 Å². The summed E-state index contributed by atoms with van der Waals surface area (Å²) < 4.78 is 6.79. The van der Waals surface area contributed by atoms with Crippen LogP contribution in [0, 0.1) is 13.7 Å². The third kappa shape index (κ3) is 4.08. The van der Waals surface area contributed by atoms with Crippen molar-refractivity contribution in [3.63, 3.8) is 0 Å². The number of hydrogen-bond acceptors (Lipinski definition) is 5. The topological polar surface area (TPSA) is 98.3 Å². The Balaban J connectivity index is 1.59. The first kappa shape index (κ1) is 19.3. The molecule has 0 aliphatic heterocycles. The standard InChI is InChI=1S/C20H11ClIN3O4/c21-16-7-3-12(22)9-15(16)20-24-17-10-13(4-8-18(17)29-20)23-19(26)11-1-5-14(6-2-11)25(27)28/h1-10H,(H,23,26). The summed E-state index contributed by atoms with van der Waals surface area (Å²) in [5.41, 5.74) is 2.56. The van der Waals surface area contributed by atoms with E-state index < -0.39 is 4.92 Å². The number of nitro groups is 1. The van der Waals surface area contributed by atoms with Crippen molar-refractivity contribution in [2.45, 2.75) is 0 Å². The molecule has 0 spiro atoms. The Hall–Kier alpha value is -2.98. The number of non-ortho nitro benzene ring substituents is 1. The summed E-state index contributed by atoms with van der Waals surface area (Å²) in [4.78, 5) is 27.1. The third-order valence-corrected chi connectivity index (χ3v) is 5.15. The number of amides is 1. The minimum absolute atomic E-state index is 0.0765. The van der Waals surface area contributed by atoms with Gasteiger partial charge in [0.1, 0.15) is 5.52 Å². The quantitative estimate of drug-likeness (QED) is 0.205. The molecule has 1 heterocycles. The SMILES string of the molecule is O=C(Nc1ccc2oc(-c3cc(I)ccc3Cl)nc2c1)c1ccc([N+](=O)[O-])cc1. The van der Waals surface area contributed by atoms with E-state index in [1.807, 2.05) is 12.1 Å². The molecule has 0 unspecified atom stereocenters. The van der Waals surface area contributed by atoms with Crippen LogP contribution in [-0.2, 0) is 0 Å². The zero-order valence-corrected chi connectivity index (χ0v) is 17.5. The fourth-order valence-corrected chi connectivity index (χ4v) is 3.41. The number of hydrogen-bond donors (Lipinski definition) is 1. The van der Waals surface area contributed by atoms with Gasteiger partial charge in [-0.1, -0.05) is 11.6 Å². The number of nitrogens with zero attached hydrogens (tertiary/aromatic N) is 2. The zero-order chi connectivity index (χ0) is 20.5. The van der Waals surface area contributed by atoms with Gasteiger partial charge in [0.25, 0.3) is 11.6 Å². The van der Waals surface area contributed by atoms with E-state index in [2.05, 4.69) is 32.9 Å². The second-order valence-electron chi connectivity index (χ2n) is 6.08. The van der Waals surface area contributed by atoms with Crippen molar-refractivity contribution in [3.8, 4) is 11.5 Å². The van der Waals surface area contributed by atoms with Crippen LogP contribution in [0.15, 0.2) is 65.1 Å². The molecule has 1 N–H and O–H groups in total. The number of nitrogens with one attached hydrogen (secondary N) is 1. The van der Waals surface area contributed by atoms with Gasteiger partial charge in [-0.2, -0.15) is 0 Å². The summed E-state index contributed by atoms with van der Waals surface area (Å²) in [7, 11) is 0. The molecule has 144 valence electrons. The molecule has 4 aromatic rings. The summed E-state index contributed by atoms with van der Waals surface area (Å²) >= 11 is 8.44. The van der Waals surface area contributed by atoms with Gasteiger partial charge in [-0.25, -0.2) is 4.98 Å². The second kappa shape index (κ2) is 7.80. The number of carbonyl (C=O) groups is 1. The third-order valence-electron chi connectivity index (χ3n) is 4.14. The van der Waals surface area contributed by atoms with Gasteiger partial charge in [-0.15, -0.1) is 0 Å². The van der Waals surface area contributed by atoms with Crippen molar-refractivity contribution >= 4 is 62.6 Å². The lowest BCUT2D eigenvalue weighted by atomic mass is 10.2. The number of nitro benzene ring substituents is 1. The van der Waals surface area contributed by atoms with Crippen LogP contribution in [-0.4, -0.2) is 15.8 Å². The molecule has 1 amide bonds. The average Bonchev–Trinajstić information content (AvgIpc) is 3.13. The predicted octanol–water partition coefficient (Wildman–Crippen LogP) is 5.91. The lowest BCUT2D eigenvalue weighted by molar-refractivity contribution is -0.384. The van der Waals surface area contributed by atoms with E-state index in [0.29, 0.717) is 38.8 Å².